The summed E-state index contributed by atoms with van der Waals surface area (Å²) >= 11 is 0. The first kappa shape index (κ1) is 10.5. The van der Waals surface area contributed by atoms with Gasteiger partial charge in [-0.05, 0) is 6.92 Å². The molecule has 0 aliphatic carbocycles. The minimum absolute atomic E-state index is 0.608. The smallest absolute Gasteiger partial charge is 0.126 e. The second-order valence-electron chi connectivity index (χ2n) is 3.67. The van der Waals surface area contributed by atoms with Crippen LogP contribution in [0.4, 0.5) is 0 Å². The van der Waals surface area contributed by atoms with Gasteiger partial charge in [0, 0.05) is 18.2 Å². The van der Waals surface area contributed by atoms with Crippen molar-refractivity contribution in [1.29, 1.82) is 0 Å². The van der Waals surface area contributed by atoms with Gasteiger partial charge in [0.2, 0.25) is 0 Å². The maximum Gasteiger partial charge on any atom is 0.126 e. The van der Waals surface area contributed by atoms with Crippen LogP contribution >= 0.6 is 0 Å². The minimum Gasteiger partial charge on any atom is -0.384 e. The number of benzene rings is 1. The van der Waals surface area contributed by atoms with Gasteiger partial charge in [0.1, 0.15) is 11.5 Å². The van der Waals surface area contributed by atoms with E-state index < -0.39 is 0 Å². The Morgan fingerprint density at radius 1 is 1.19 bits per heavy atom. The van der Waals surface area contributed by atoms with E-state index in [1.165, 1.54) is 5.23 Å². The average Bonchev–Trinajstić information content (AvgIpc) is 2.32. The Balaban J connectivity index is 2.47. The van der Waals surface area contributed by atoms with Crippen LogP contribution in [0, 0.1) is 0 Å². The molecule has 0 amide bonds. The lowest BCUT2D eigenvalue weighted by molar-refractivity contribution is 0.0297. The summed E-state index contributed by atoms with van der Waals surface area (Å²) in [4.78, 5) is 0. The van der Waals surface area contributed by atoms with Crippen LogP contribution in [0.15, 0.2) is 46.8 Å². The minimum atomic E-state index is 0.608. The summed E-state index contributed by atoms with van der Waals surface area (Å²) in [5.74, 6) is 6.32. The van der Waals surface area contributed by atoms with Gasteiger partial charge in [-0.25, -0.2) is 10.9 Å². The highest BCUT2D eigenvalue weighted by molar-refractivity contribution is 6.12. The van der Waals surface area contributed by atoms with Crippen molar-refractivity contribution in [3.63, 3.8) is 0 Å². The number of hydrogen-bond acceptors (Lipinski definition) is 5. The van der Waals surface area contributed by atoms with Gasteiger partial charge in [-0.1, -0.05) is 30.3 Å². The van der Waals surface area contributed by atoms with Crippen LogP contribution in [-0.2, 0) is 0 Å². The fourth-order valence-electron chi connectivity index (χ4n) is 1.59. The van der Waals surface area contributed by atoms with Crippen molar-refractivity contribution >= 4 is 5.71 Å². The molecule has 0 atom stereocenters. The van der Waals surface area contributed by atoms with Gasteiger partial charge >= 0.3 is 0 Å². The zero-order valence-electron chi connectivity index (χ0n) is 9.38. The third kappa shape index (κ3) is 1.61. The lowest BCUT2D eigenvalue weighted by Crippen LogP contribution is -2.47. The summed E-state index contributed by atoms with van der Waals surface area (Å²) in [6.07, 6.45) is 0. The van der Waals surface area contributed by atoms with Crippen molar-refractivity contribution < 1.29 is 0 Å². The second kappa shape index (κ2) is 3.86. The fraction of sp³-hybridized carbons (Fsp3) is 0.182. The Morgan fingerprint density at radius 2 is 1.81 bits per heavy atom. The number of allylic oxidation sites excluding steroid dienone is 1. The molecule has 1 aromatic carbocycles. The van der Waals surface area contributed by atoms with Crippen molar-refractivity contribution in [2.75, 3.05) is 7.05 Å². The molecule has 0 saturated heterocycles. The summed E-state index contributed by atoms with van der Waals surface area (Å²) in [6.45, 7) is 1.94. The Kier molecular flexibility index (Phi) is 2.54. The maximum absolute atomic E-state index is 5.94. The first-order valence-corrected chi connectivity index (χ1v) is 5.00. The van der Waals surface area contributed by atoms with Crippen LogP contribution in [0.1, 0.15) is 12.5 Å². The van der Waals surface area contributed by atoms with Gasteiger partial charge in [0.15, 0.2) is 0 Å². The predicted octanol–water partition coefficient (Wildman–Crippen LogP) is 0.617. The van der Waals surface area contributed by atoms with Crippen LogP contribution in [0.5, 0.6) is 0 Å². The molecule has 0 unspecified atom stereocenters. The highest BCUT2D eigenvalue weighted by Crippen LogP contribution is 2.17. The van der Waals surface area contributed by atoms with Crippen LogP contribution in [-0.4, -0.2) is 23.0 Å². The molecule has 1 aliphatic heterocycles. The van der Waals surface area contributed by atoms with Gasteiger partial charge in [-0.2, -0.15) is 0 Å². The van der Waals surface area contributed by atoms with Crippen molar-refractivity contribution in [1.82, 2.24) is 10.2 Å². The van der Waals surface area contributed by atoms with E-state index in [0.29, 0.717) is 5.82 Å². The number of rotatable bonds is 1. The number of hydrogen-bond donors (Lipinski definition) is 2. The van der Waals surface area contributed by atoms with Crippen molar-refractivity contribution in [3.8, 4) is 0 Å². The molecule has 5 nitrogen and oxygen atoms in total. The fourth-order valence-corrected chi connectivity index (χ4v) is 1.59. The summed E-state index contributed by atoms with van der Waals surface area (Å²) in [6, 6.07) is 9.84. The van der Waals surface area contributed by atoms with Crippen LogP contribution in [0.25, 0.3) is 0 Å². The Hall–Kier alpha value is -2.01. The summed E-state index contributed by atoms with van der Waals surface area (Å²) in [7, 11) is 1.77. The normalized spacial score (nSPS) is 16.6. The second-order valence-corrected chi connectivity index (χ2v) is 3.67. The first-order chi connectivity index (χ1) is 7.61. The van der Waals surface area contributed by atoms with E-state index in [1.807, 2.05) is 37.3 Å². The van der Waals surface area contributed by atoms with Gasteiger partial charge < -0.3 is 5.73 Å². The van der Waals surface area contributed by atoms with Crippen molar-refractivity contribution in [3.05, 3.63) is 47.3 Å². The molecule has 5 heteroatoms. The average molecular weight is 217 g/mol. The molecule has 2 rings (SSSR count). The molecule has 1 aliphatic rings. The Bertz CT molecular complexity index is 449. The molecule has 0 bridgehead atoms. The van der Waals surface area contributed by atoms with Crippen LogP contribution in [0.3, 0.4) is 0 Å². The van der Waals surface area contributed by atoms with E-state index in [-0.39, 0.29) is 0 Å². The largest absolute Gasteiger partial charge is 0.384 e. The van der Waals surface area contributed by atoms with Crippen molar-refractivity contribution in [2.24, 2.45) is 16.7 Å². The summed E-state index contributed by atoms with van der Waals surface area (Å²) in [5, 5.41) is 7.12. The summed E-state index contributed by atoms with van der Waals surface area (Å²) in [5.41, 5.74) is 8.68. The topological polar surface area (TPSA) is 70.9 Å². The van der Waals surface area contributed by atoms with Gasteiger partial charge in [0.25, 0.3) is 0 Å². The number of hydrazine groups is 2. The standard InChI is InChI=1S/C11H15N5/c1-8-10(9-6-4-3-5-7-9)14-16(13)15(2)11(8)12/h3-7H,12-13H2,1-2H3. The molecule has 4 N–H and O–H groups in total. The quantitative estimate of drug-likeness (QED) is 0.676. The van der Waals surface area contributed by atoms with Crippen LogP contribution < -0.4 is 11.6 Å². The highest BCUT2D eigenvalue weighted by atomic mass is 15.9. The maximum atomic E-state index is 5.94. The molecule has 0 fully saturated rings. The van der Waals surface area contributed by atoms with E-state index in [0.717, 1.165) is 16.8 Å². The molecule has 0 radical (unpaired) electrons. The molecule has 0 saturated carbocycles. The third-order valence-corrected chi connectivity index (χ3v) is 2.65. The SMILES string of the molecule is CC1=C(N)N(C)N(N)N=C1c1ccccc1. The van der Waals surface area contributed by atoms with E-state index in [9.17, 15) is 0 Å². The number of nitrogens with zero attached hydrogens (tertiary/aromatic N) is 3. The highest BCUT2D eigenvalue weighted by Gasteiger charge is 2.20. The molecule has 0 aromatic heterocycles. The predicted molar refractivity (Wildman–Crippen MR) is 63.7 cm³/mol. The monoisotopic (exact) mass is 217 g/mol. The lowest BCUT2D eigenvalue weighted by atomic mass is 10.0. The molecule has 0 spiro atoms. The molecule has 16 heavy (non-hydrogen) atoms. The van der Waals surface area contributed by atoms with E-state index >= 15 is 0 Å². The van der Waals surface area contributed by atoms with Crippen molar-refractivity contribution in [2.45, 2.75) is 6.92 Å². The molecule has 84 valence electrons. The Labute approximate surface area is 94.6 Å². The first-order valence-electron chi connectivity index (χ1n) is 5.00. The molecule has 1 heterocycles. The Morgan fingerprint density at radius 3 is 2.44 bits per heavy atom. The number of hydrazone groups is 1. The number of nitrogens with two attached hydrogens (primary N) is 2. The zero-order valence-corrected chi connectivity index (χ0v) is 9.38. The molecular formula is C11H15N5. The third-order valence-electron chi connectivity index (χ3n) is 2.65. The lowest BCUT2D eigenvalue weighted by Gasteiger charge is -2.32. The zero-order chi connectivity index (χ0) is 11.7. The summed E-state index contributed by atoms with van der Waals surface area (Å²) < 4.78 is 0. The molecule has 1 aromatic rings. The van der Waals surface area contributed by atoms with Gasteiger partial charge in [-0.15, -0.1) is 10.3 Å². The van der Waals surface area contributed by atoms with E-state index in [1.54, 1.807) is 12.1 Å². The van der Waals surface area contributed by atoms with E-state index in [4.69, 9.17) is 11.6 Å². The van der Waals surface area contributed by atoms with Gasteiger partial charge in [-0.3, -0.25) is 0 Å². The van der Waals surface area contributed by atoms with E-state index in [2.05, 4.69) is 5.10 Å². The molecular weight excluding hydrogens is 202 g/mol. The van der Waals surface area contributed by atoms with Gasteiger partial charge in [0.05, 0.1) is 0 Å². The van der Waals surface area contributed by atoms with Crippen LogP contribution in [0.2, 0.25) is 0 Å².